The summed E-state index contributed by atoms with van der Waals surface area (Å²) in [5.41, 5.74) is -0.316. The Labute approximate surface area is 194 Å². The Balaban J connectivity index is 1.61. The van der Waals surface area contributed by atoms with Gasteiger partial charge in [0, 0.05) is 29.9 Å². The molecular weight excluding hydrogens is 432 g/mol. The number of halogens is 1. The first-order chi connectivity index (χ1) is 15.0. The number of carbonyl (C=O) groups excluding carboxylic acids is 2. The van der Waals surface area contributed by atoms with Crippen LogP contribution in [0.4, 0.5) is 0 Å². The fraction of sp³-hybridized carbons (Fsp3) is 0.680. The Morgan fingerprint density at radius 1 is 1.25 bits per heavy atom. The molecule has 7 heteroatoms. The number of cyclic esters (lactones) is 1. The lowest BCUT2D eigenvalue weighted by atomic mass is 9.66. The van der Waals surface area contributed by atoms with Crippen molar-refractivity contribution in [2.24, 2.45) is 23.7 Å². The molecule has 4 rings (SSSR count). The summed E-state index contributed by atoms with van der Waals surface area (Å²) in [6.07, 6.45) is 6.98. The number of hydrogen-bond acceptors (Lipinski definition) is 6. The van der Waals surface area contributed by atoms with Gasteiger partial charge >= 0.3 is 5.97 Å². The molecule has 176 valence electrons. The normalized spacial score (nSPS) is 38.0. The summed E-state index contributed by atoms with van der Waals surface area (Å²) in [4.78, 5) is 26.1. The highest BCUT2D eigenvalue weighted by Gasteiger charge is 2.71. The van der Waals surface area contributed by atoms with Gasteiger partial charge in [0.15, 0.2) is 5.79 Å². The summed E-state index contributed by atoms with van der Waals surface area (Å²) in [6, 6.07) is 0. The number of allylic oxidation sites excluding steroid dienone is 3. The highest BCUT2D eigenvalue weighted by atomic mass is 35.5. The molecule has 0 saturated carbocycles. The molecule has 3 heterocycles. The van der Waals surface area contributed by atoms with Crippen LogP contribution in [0.2, 0.25) is 0 Å². The molecule has 3 aliphatic heterocycles. The monoisotopic (exact) mass is 464 g/mol. The molecule has 2 unspecified atom stereocenters. The third-order valence-corrected chi connectivity index (χ3v) is 7.89. The van der Waals surface area contributed by atoms with Crippen molar-refractivity contribution in [2.45, 2.75) is 84.2 Å². The first-order valence-electron chi connectivity index (χ1n) is 11.7. The van der Waals surface area contributed by atoms with E-state index in [-0.39, 0.29) is 11.5 Å². The van der Waals surface area contributed by atoms with Crippen LogP contribution in [0.25, 0.3) is 0 Å². The minimum absolute atomic E-state index is 0.0483. The van der Waals surface area contributed by atoms with Gasteiger partial charge in [-0.15, -0.1) is 0 Å². The standard InChI is InChI=1S/C25H33ClO6/c1-6-13(2)9-14(3)7-8-16-10-17-18(12-30-16)19-20-23(28)31-15(4)11-25(20,29)32-24(19,5)22(27)21(17)26/h10,12-15,19-20,29H,6-9,11H2,1-5H3/t13-,14?,15+,19+,20+,24-,25?/m0/s1. The second-order valence-electron chi connectivity index (χ2n) is 10.2. The Bertz CT molecular complexity index is 919. The summed E-state index contributed by atoms with van der Waals surface area (Å²) >= 11 is 6.53. The molecule has 6 nitrogen and oxygen atoms in total. The Kier molecular flexibility index (Phi) is 6.10. The second-order valence-corrected chi connectivity index (χ2v) is 10.6. The third kappa shape index (κ3) is 3.74. The molecule has 32 heavy (non-hydrogen) atoms. The van der Waals surface area contributed by atoms with Crippen LogP contribution in [-0.2, 0) is 23.8 Å². The van der Waals surface area contributed by atoms with Gasteiger partial charge in [0.05, 0.1) is 11.3 Å². The predicted molar refractivity (Wildman–Crippen MR) is 119 cm³/mol. The highest BCUT2D eigenvalue weighted by Crippen LogP contribution is 2.59. The van der Waals surface area contributed by atoms with Crippen LogP contribution >= 0.6 is 11.6 Å². The molecule has 0 aromatic heterocycles. The quantitative estimate of drug-likeness (QED) is 0.571. The van der Waals surface area contributed by atoms with Gasteiger partial charge in [0.25, 0.3) is 0 Å². The maximum absolute atomic E-state index is 13.3. The van der Waals surface area contributed by atoms with E-state index < -0.39 is 41.1 Å². The maximum Gasteiger partial charge on any atom is 0.315 e. The molecule has 4 aliphatic rings. The largest absolute Gasteiger partial charge is 0.469 e. The molecule has 0 bridgehead atoms. The van der Waals surface area contributed by atoms with Crippen molar-refractivity contribution in [3.8, 4) is 0 Å². The molecule has 0 radical (unpaired) electrons. The maximum atomic E-state index is 13.3. The number of ether oxygens (including phenoxy) is 3. The van der Waals surface area contributed by atoms with Crippen molar-refractivity contribution in [3.63, 3.8) is 0 Å². The van der Waals surface area contributed by atoms with Gasteiger partial charge in [-0.05, 0) is 44.6 Å². The zero-order chi connectivity index (χ0) is 23.4. The van der Waals surface area contributed by atoms with Crippen molar-refractivity contribution in [1.82, 2.24) is 0 Å². The zero-order valence-electron chi connectivity index (χ0n) is 19.4. The summed E-state index contributed by atoms with van der Waals surface area (Å²) in [5, 5.41) is 11.3. The van der Waals surface area contributed by atoms with Crippen LogP contribution in [0, 0.1) is 23.7 Å². The second kappa shape index (κ2) is 8.30. The van der Waals surface area contributed by atoms with E-state index in [4.69, 9.17) is 25.8 Å². The number of ketones is 1. The van der Waals surface area contributed by atoms with Gasteiger partial charge < -0.3 is 19.3 Å². The third-order valence-electron chi connectivity index (χ3n) is 7.51. The number of fused-ring (bicyclic) bond motifs is 5. The number of carbonyl (C=O) groups is 2. The number of aliphatic hydroxyl groups is 1. The lowest BCUT2D eigenvalue weighted by Crippen LogP contribution is -2.50. The van der Waals surface area contributed by atoms with Crippen LogP contribution in [-0.4, -0.2) is 34.4 Å². The Hall–Kier alpha value is -1.63. The molecular formula is C25H33ClO6. The van der Waals surface area contributed by atoms with Crippen LogP contribution in [0.5, 0.6) is 0 Å². The van der Waals surface area contributed by atoms with Crippen molar-refractivity contribution in [3.05, 3.63) is 34.3 Å². The number of hydrogen-bond donors (Lipinski definition) is 1. The summed E-state index contributed by atoms with van der Waals surface area (Å²) < 4.78 is 17.3. The van der Waals surface area contributed by atoms with Crippen molar-refractivity contribution in [1.29, 1.82) is 0 Å². The van der Waals surface area contributed by atoms with Crippen LogP contribution in [0.3, 0.4) is 0 Å². The lowest BCUT2D eigenvalue weighted by molar-refractivity contribution is -0.260. The summed E-state index contributed by atoms with van der Waals surface area (Å²) in [6.45, 7) is 9.99. The average molecular weight is 465 g/mol. The molecule has 2 saturated heterocycles. The average Bonchev–Trinajstić information content (AvgIpc) is 2.98. The Morgan fingerprint density at radius 3 is 2.66 bits per heavy atom. The summed E-state index contributed by atoms with van der Waals surface area (Å²) in [7, 11) is 0. The molecule has 0 aromatic carbocycles. The SMILES string of the molecule is CC[C@H](C)CC(C)CCC1=CC2=C(Cl)C(=O)[C@@]3(C)OC4(O)C[C@@H](C)OC(=O)[C@H]4[C@H]3C2=CO1. The molecule has 0 aromatic rings. The van der Waals surface area contributed by atoms with Gasteiger partial charge in [-0.2, -0.15) is 0 Å². The van der Waals surface area contributed by atoms with Crippen LogP contribution in [0.1, 0.15) is 66.7 Å². The van der Waals surface area contributed by atoms with E-state index in [9.17, 15) is 14.7 Å². The topological polar surface area (TPSA) is 82.1 Å². The predicted octanol–water partition coefficient (Wildman–Crippen LogP) is 4.76. The van der Waals surface area contributed by atoms with Gasteiger partial charge in [0.2, 0.25) is 5.78 Å². The van der Waals surface area contributed by atoms with Gasteiger partial charge in [0.1, 0.15) is 23.4 Å². The molecule has 0 spiro atoms. The number of Topliss-reactive ketones (excluding diaryl/α,β-unsaturated/α-hetero) is 1. The fourth-order valence-corrected chi connectivity index (χ4v) is 6.05. The fourth-order valence-electron chi connectivity index (χ4n) is 5.69. The van der Waals surface area contributed by atoms with E-state index in [1.54, 1.807) is 26.2 Å². The Morgan fingerprint density at radius 2 is 1.97 bits per heavy atom. The number of esters is 1. The lowest BCUT2D eigenvalue weighted by Gasteiger charge is -2.38. The van der Waals surface area contributed by atoms with E-state index in [1.807, 2.05) is 0 Å². The van der Waals surface area contributed by atoms with Crippen LogP contribution < -0.4 is 0 Å². The highest BCUT2D eigenvalue weighted by molar-refractivity contribution is 6.45. The van der Waals surface area contributed by atoms with Crippen LogP contribution in [0.15, 0.2) is 34.3 Å². The molecule has 7 atom stereocenters. The van der Waals surface area contributed by atoms with E-state index in [2.05, 4.69) is 20.8 Å². The minimum Gasteiger partial charge on any atom is -0.469 e. The zero-order valence-corrected chi connectivity index (χ0v) is 20.2. The van der Waals surface area contributed by atoms with Gasteiger partial charge in [-0.25, -0.2) is 0 Å². The van der Waals surface area contributed by atoms with Crippen molar-refractivity contribution < 1.29 is 28.9 Å². The summed E-state index contributed by atoms with van der Waals surface area (Å²) in [5.74, 6) is -2.56. The minimum atomic E-state index is -1.79. The number of rotatable bonds is 6. The first-order valence-corrected chi connectivity index (χ1v) is 12.0. The first kappa shape index (κ1) is 23.5. The van der Waals surface area contributed by atoms with E-state index in [1.165, 1.54) is 0 Å². The smallest absolute Gasteiger partial charge is 0.315 e. The van der Waals surface area contributed by atoms with Gasteiger partial charge in [-0.3, -0.25) is 9.59 Å². The van der Waals surface area contributed by atoms with Crippen molar-refractivity contribution in [2.75, 3.05) is 0 Å². The molecule has 1 N–H and O–H groups in total. The van der Waals surface area contributed by atoms with E-state index in [0.717, 1.165) is 31.4 Å². The molecule has 2 fully saturated rings. The van der Waals surface area contributed by atoms with E-state index >= 15 is 0 Å². The van der Waals surface area contributed by atoms with Crippen molar-refractivity contribution >= 4 is 23.4 Å². The molecule has 0 amide bonds. The van der Waals surface area contributed by atoms with E-state index in [0.29, 0.717) is 23.0 Å². The molecule has 1 aliphatic carbocycles. The van der Waals surface area contributed by atoms with Gasteiger partial charge in [-0.1, -0.05) is 38.8 Å².